The van der Waals surface area contributed by atoms with Crippen molar-refractivity contribution in [2.45, 2.75) is 12.6 Å². The van der Waals surface area contributed by atoms with Crippen LogP contribution in [0, 0.1) is 5.82 Å². The maximum absolute atomic E-state index is 14.0. The molecule has 30 heavy (non-hydrogen) atoms. The Labute approximate surface area is 169 Å². The predicted molar refractivity (Wildman–Crippen MR) is 99.1 cm³/mol. The number of carbonyl (C=O) groups is 1. The predicted octanol–water partition coefficient (Wildman–Crippen LogP) is 3.58. The molecule has 160 valence electrons. The van der Waals surface area contributed by atoms with Gasteiger partial charge in [-0.2, -0.15) is 23.3 Å². The zero-order valence-corrected chi connectivity index (χ0v) is 15.7. The van der Waals surface area contributed by atoms with Crippen LogP contribution in [0.3, 0.4) is 0 Å². The average molecular weight is 426 g/mol. The van der Waals surface area contributed by atoms with Crippen LogP contribution in [-0.2, 0) is 15.7 Å². The van der Waals surface area contributed by atoms with Crippen LogP contribution >= 0.6 is 0 Å². The molecule has 0 spiro atoms. The van der Waals surface area contributed by atoms with Gasteiger partial charge in [0.15, 0.2) is 11.6 Å². The van der Waals surface area contributed by atoms with Crippen LogP contribution in [0.15, 0.2) is 40.7 Å². The van der Waals surface area contributed by atoms with E-state index >= 15 is 0 Å². The third kappa shape index (κ3) is 5.92. The third-order valence-electron chi connectivity index (χ3n) is 4.10. The molecule has 3 rings (SSSR count). The second-order valence-corrected chi connectivity index (χ2v) is 6.28. The molecule has 8 nitrogen and oxygen atoms in total. The Hall–Kier alpha value is -3.15. The number of alkyl halides is 3. The topological polar surface area (TPSA) is 92.1 Å². The van der Waals surface area contributed by atoms with Gasteiger partial charge in [0, 0.05) is 25.2 Å². The molecule has 1 amide bonds. The summed E-state index contributed by atoms with van der Waals surface area (Å²) in [6, 6.07) is 4.32. The van der Waals surface area contributed by atoms with E-state index in [2.05, 4.69) is 25.5 Å². The average Bonchev–Trinajstić information content (AvgIpc) is 2.72. The molecule has 2 aromatic rings. The largest absolute Gasteiger partial charge is 0.416 e. The van der Waals surface area contributed by atoms with E-state index < -0.39 is 23.5 Å². The van der Waals surface area contributed by atoms with Gasteiger partial charge in [0.05, 0.1) is 31.5 Å². The highest BCUT2D eigenvalue weighted by atomic mass is 19.4. The van der Waals surface area contributed by atoms with Crippen molar-refractivity contribution < 1.29 is 27.1 Å². The Morgan fingerprint density at radius 1 is 1.27 bits per heavy atom. The van der Waals surface area contributed by atoms with Crippen molar-refractivity contribution in [3.05, 3.63) is 41.8 Å². The van der Waals surface area contributed by atoms with Crippen LogP contribution in [0.1, 0.15) is 12.0 Å². The smallest absolute Gasteiger partial charge is 0.378 e. The van der Waals surface area contributed by atoms with Crippen molar-refractivity contribution in [1.29, 1.82) is 0 Å². The normalized spacial score (nSPS) is 14.9. The lowest BCUT2D eigenvalue weighted by atomic mass is 10.2. The van der Waals surface area contributed by atoms with Crippen LogP contribution in [0.2, 0.25) is 0 Å². The van der Waals surface area contributed by atoms with Gasteiger partial charge in [0.1, 0.15) is 0 Å². The zero-order valence-electron chi connectivity index (χ0n) is 15.7. The number of nitrogens with zero attached hydrogens (tertiary/aromatic N) is 5. The number of halogens is 4. The van der Waals surface area contributed by atoms with E-state index in [4.69, 9.17) is 4.74 Å². The third-order valence-corrected chi connectivity index (χ3v) is 4.10. The molecule has 0 aliphatic carbocycles. The lowest BCUT2D eigenvalue weighted by Gasteiger charge is -2.27. The number of anilines is 2. The molecule has 1 aromatic heterocycles. The molecule has 1 aliphatic rings. The van der Waals surface area contributed by atoms with E-state index in [9.17, 15) is 22.4 Å². The lowest BCUT2D eigenvalue weighted by Crippen LogP contribution is -2.37. The Morgan fingerprint density at radius 3 is 2.77 bits per heavy atom. The van der Waals surface area contributed by atoms with E-state index in [1.54, 1.807) is 4.90 Å². The molecule has 0 unspecified atom stereocenters. The zero-order chi connectivity index (χ0) is 21.6. The maximum atomic E-state index is 14.0. The van der Waals surface area contributed by atoms with E-state index in [-0.39, 0.29) is 30.4 Å². The molecule has 2 heterocycles. The molecule has 0 bridgehead atoms. The van der Waals surface area contributed by atoms with E-state index in [1.807, 2.05) is 0 Å². The minimum Gasteiger partial charge on any atom is -0.378 e. The summed E-state index contributed by atoms with van der Waals surface area (Å²) in [4.78, 5) is 21.4. The Balaban J connectivity index is 1.53. The van der Waals surface area contributed by atoms with Gasteiger partial charge in [0.2, 0.25) is 5.91 Å². The molecule has 0 saturated carbocycles. The van der Waals surface area contributed by atoms with Crippen LogP contribution in [-0.4, -0.2) is 48.7 Å². The Kier molecular flexibility index (Phi) is 6.87. The first-order chi connectivity index (χ1) is 14.3. The molecular weight excluding hydrogens is 408 g/mol. The van der Waals surface area contributed by atoms with Crippen molar-refractivity contribution in [2.75, 3.05) is 43.1 Å². The van der Waals surface area contributed by atoms with Gasteiger partial charge in [-0.1, -0.05) is 6.07 Å². The molecule has 0 radical (unpaired) electrons. The van der Waals surface area contributed by atoms with Gasteiger partial charge >= 0.3 is 6.18 Å². The highest BCUT2D eigenvalue weighted by molar-refractivity contribution is 5.90. The molecule has 1 N–H and O–H groups in total. The first-order valence-corrected chi connectivity index (χ1v) is 9.03. The number of benzene rings is 1. The van der Waals surface area contributed by atoms with Gasteiger partial charge in [-0.05, 0) is 18.2 Å². The second kappa shape index (κ2) is 9.57. The second-order valence-electron chi connectivity index (χ2n) is 6.28. The maximum Gasteiger partial charge on any atom is 0.416 e. The summed E-state index contributed by atoms with van der Waals surface area (Å²) in [5, 5.41) is 9.94. The fourth-order valence-corrected chi connectivity index (χ4v) is 2.66. The number of hydrogen-bond acceptors (Lipinski definition) is 7. The molecule has 12 heteroatoms. The van der Waals surface area contributed by atoms with E-state index in [1.165, 1.54) is 12.1 Å². The van der Waals surface area contributed by atoms with Crippen LogP contribution < -0.4 is 10.2 Å². The number of morpholine rings is 1. The minimum absolute atomic E-state index is 0.0313. The highest BCUT2D eigenvalue weighted by Crippen LogP contribution is 2.30. The van der Waals surface area contributed by atoms with Crippen molar-refractivity contribution in [2.24, 2.45) is 10.2 Å². The minimum atomic E-state index is -4.50. The molecule has 0 atom stereocenters. The summed E-state index contributed by atoms with van der Waals surface area (Å²) in [6.45, 7) is 1.85. The number of rotatable bonds is 6. The lowest BCUT2D eigenvalue weighted by molar-refractivity contribution is -0.137. The van der Waals surface area contributed by atoms with Crippen molar-refractivity contribution in [3.8, 4) is 0 Å². The summed E-state index contributed by atoms with van der Waals surface area (Å²) in [7, 11) is 0. The fraction of sp³-hybridized carbons (Fsp3) is 0.389. The molecule has 1 aromatic carbocycles. The summed E-state index contributed by atoms with van der Waals surface area (Å²) < 4.78 is 57.3. The number of aromatic nitrogens is 2. The molecular formula is C18H18F4N6O2. The van der Waals surface area contributed by atoms with Crippen LogP contribution in [0.5, 0.6) is 0 Å². The number of nitrogens with one attached hydrogen (secondary N) is 1. The number of azo groups is 1. The Morgan fingerprint density at radius 2 is 2.03 bits per heavy atom. The summed E-state index contributed by atoms with van der Waals surface area (Å²) >= 11 is 0. The molecule has 1 saturated heterocycles. The van der Waals surface area contributed by atoms with E-state index in [0.29, 0.717) is 26.3 Å². The van der Waals surface area contributed by atoms with Crippen molar-refractivity contribution in [3.63, 3.8) is 0 Å². The standard InChI is InChI=1S/C18H18F4N6O2/c19-14-11-23-17(26-16(14)28-6-8-30-9-7-28)27-24-5-4-15(29)25-13-3-1-2-12(10-13)18(20,21)22/h1-3,10-11H,4-9H2,(H,25,29). The summed E-state index contributed by atoms with van der Waals surface area (Å²) in [5.41, 5.74) is -0.826. The number of hydrogen-bond donors (Lipinski definition) is 1. The van der Waals surface area contributed by atoms with Crippen molar-refractivity contribution >= 4 is 23.4 Å². The number of amides is 1. The van der Waals surface area contributed by atoms with Gasteiger partial charge in [0.25, 0.3) is 5.95 Å². The van der Waals surface area contributed by atoms with E-state index in [0.717, 1.165) is 18.3 Å². The monoisotopic (exact) mass is 426 g/mol. The number of carbonyl (C=O) groups excluding carboxylic acids is 1. The summed E-state index contributed by atoms with van der Waals surface area (Å²) in [6.07, 6.45) is -3.62. The first-order valence-electron chi connectivity index (χ1n) is 9.03. The molecule has 1 fully saturated rings. The SMILES string of the molecule is O=C(CCN=Nc1ncc(F)c(N2CCOCC2)n1)Nc1cccc(C(F)(F)F)c1. The van der Waals surface area contributed by atoms with Crippen LogP contribution in [0.25, 0.3) is 0 Å². The Bertz CT molecular complexity index is 916. The highest BCUT2D eigenvalue weighted by Gasteiger charge is 2.30. The fourth-order valence-electron chi connectivity index (χ4n) is 2.66. The molecule has 1 aliphatic heterocycles. The van der Waals surface area contributed by atoms with Crippen LogP contribution in [0.4, 0.5) is 35.0 Å². The summed E-state index contributed by atoms with van der Waals surface area (Å²) in [5.74, 6) is -1.07. The number of ether oxygens (including phenoxy) is 1. The van der Waals surface area contributed by atoms with Gasteiger partial charge in [-0.25, -0.2) is 9.37 Å². The van der Waals surface area contributed by atoms with Gasteiger partial charge in [-0.15, -0.1) is 5.11 Å². The first kappa shape index (κ1) is 21.6. The van der Waals surface area contributed by atoms with Crippen molar-refractivity contribution in [1.82, 2.24) is 9.97 Å². The quantitative estimate of drug-likeness (QED) is 0.563. The van der Waals surface area contributed by atoms with Gasteiger partial charge in [-0.3, -0.25) is 4.79 Å². The van der Waals surface area contributed by atoms with Gasteiger partial charge < -0.3 is 15.0 Å².